The molecule has 2 nitrogen and oxygen atoms in total. The topological polar surface area (TPSA) is 33.1 Å². The van der Waals surface area contributed by atoms with Crippen molar-refractivity contribution >= 4 is 31.9 Å². The predicted octanol–water partition coefficient (Wildman–Crippen LogP) is 3.44. The summed E-state index contributed by atoms with van der Waals surface area (Å²) in [6.45, 7) is 0. The van der Waals surface area contributed by atoms with Crippen molar-refractivity contribution in [3.8, 4) is 0 Å². The first-order valence-electron chi connectivity index (χ1n) is 4.67. The van der Waals surface area contributed by atoms with Gasteiger partial charge in [-0.1, -0.05) is 6.42 Å². The average Bonchev–Trinajstić information content (AvgIpc) is 2.00. The largest absolute Gasteiger partial charge is 0.388 e. The maximum atomic E-state index is 10.1. The van der Waals surface area contributed by atoms with Crippen molar-refractivity contribution in [1.82, 2.24) is 4.98 Å². The highest BCUT2D eigenvalue weighted by Crippen LogP contribution is 2.41. The minimum absolute atomic E-state index is 0.365. The van der Waals surface area contributed by atoms with Crippen LogP contribution in [0.3, 0.4) is 0 Å². The summed E-state index contributed by atoms with van der Waals surface area (Å²) in [6, 6.07) is 0. The van der Waals surface area contributed by atoms with Gasteiger partial charge in [-0.2, -0.15) is 0 Å². The first-order valence-corrected chi connectivity index (χ1v) is 6.25. The summed E-state index contributed by atoms with van der Waals surface area (Å²) in [5.74, 6) is 0.421. The second-order valence-corrected chi connectivity index (χ2v) is 5.36. The Morgan fingerprint density at radius 2 is 1.86 bits per heavy atom. The molecule has 76 valence electrons. The van der Waals surface area contributed by atoms with E-state index < -0.39 is 0 Å². The van der Waals surface area contributed by atoms with Gasteiger partial charge in [0, 0.05) is 26.9 Å². The fourth-order valence-corrected chi connectivity index (χ4v) is 3.09. The van der Waals surface area contributed by atoms with Crippen LogP contribution in [0.25, 0.3) is 0 Å². The SMILES string of the molecule is OC(c1c(Br)cncc1Br)C1CCC1. The molecule has 0 radical (unpaired) electrons. The van der Waals surface area contributed by atoms with Gasteiger partial charge in [0.25, 0.3) is 0 Å². The van der Waals surface area contributed by atoms with Crippen molar-refractivity contribution in [2.24, 2.45) is 5.92 Å². The highest BCUT2D eigenvalue weighted by Gasteiger charge is 2.29. The van der Waals surface area contributed by atoms with E-state index in [0.29, 0.717) is 5.92 Å². The van der Waals surface area contributed by atoms with Crippen LogP contribution in [0.15, 0.2) is 21.3 Å². The molecule has 0 amide bonds. The quantitative estimate of drug-likeness (QED) is 0.905. The van der Waals surface area contributed by atoms with Crippen LogP contribution in [-0.2, 0) is 0 Å². The first-order chi connectivity index (χ1) is 6.70. The normalized spacial score (nSPS) is 19.1. The molecule has 4 heteroatoms. The summed E-state index contributed by atoms with van der Waals surface area (Å²) in [7, 11) is 0. The third-order valence-electron chi connectivity index (χ3n) is 2.78. The van der Waals surface area contributed by atoms with E-state index in [-0.39, 0.29) is 6.10 Å². The van der Waals surface area contributed by atoms with Crippen LogP contribution in [0.5, 0.6) is 0 Å². The van der Waals surface area contributed by atoms with E-state index in [4.69, 9.17) is 0 Å². The van der Waals surface area contributed by atoms with Gasteiger partial charge in [-0.05, 0) is 50.6 Å². The maximum Gasteiger partial charge on any atom is 0.0841 e. The molecule has 1 aliphatic carbocycles. The van der Waals surface area contributed by atoms with Crippen molar-refractivity contribution in [3.63, 3.8) is 0 Å². The zero-order valence-corrected chi connectivity index (χ0v) is 10.8. The van der Waals surface area contributed by atoms with Crippen LogP contribution < -0.4 is 0 Å². The zero-order valence-electron chi connectivity index (χ0n) is 7.58. The van der Waals surface area contributed by atoms with E-state index in [1.807, 2.05) is 0 Å². The Balaban J connectivity index is 2.29. The van der Waals surface area contributed by atoms with E-state index in [1.165, 1.54) is 6.42 Å². The second-order valence-electron chi connectivity index (χ2n) is 3.65. The van der Waals surface area contributed by atoms with Crippen LogP contribution in [-0.4, -0.2) is 10.1 Å². The third-order valence-corrected chi connectivity index (χ3v) is 4.05. The van der Waals surface area contributed by atoms with Gasteiger partial charge < -0.3 is 5.11 Å². The smallest absolute Gasteiger partial charge is 0.0841 e. The van der Waals surface area contributed by atoms with Crippen LogP contribution >= 0.6 is 31.9 Å². The number of rotatable bonds is 2. The average molecular weight is 321 g/mol. The second kappa shape index (κ2) is 4.29. The molecule has 1 aromatic heterocycles. The molecule has 1 heterocycles. The Morgan fingerprint density at radius 1 is 1.29 bits per heavy atom. The van der Waals surface area contributed by atoms with Crippen molar-refractivity contribution in [1.29, 1.82) is 0 Å². The van der Waals surface area contributed by atoms with Gasteiger partial charge in [-0.15, -0.1) is 0 Å². The molecule has 1 atom stereocenters. The molecule has 0 bridgehead atoms. The number of hydrogen-bond acceptors (Lipinski definition) is 2. The summed E-state index contributed by atoms with van der Waals surface area (Å²) < 4.78 is 1.76. The molecule has 0 aliphatic heterocycles. The molecule has 1 unspecified atom stereocenters. The molecule has 2 rings (SSSR count). The molecule has 1 aromatic rings. The lowest BCUT2D eigenvalue weighted by molar-refractivity contribution is 0.0609. The number of aliphatic hydroxyl groups excluding tert-OH is 1. The molecule has 0 spiro atoms. The Labute approximate surface area is 100.0 Å². The number of nitrogens with zero attached hydrogens (tertiary/aromatic N) is 1. The molecular weight excluding hydrogens is 310 g/mol. The van der Waals surface area contributed by atoms with Gasteiger partial charge in [0.15, 0.2) is 0 Å². The Kier molecular flexibility index (Phi) is 3.24. The molecule has 1 fully saturated rings. The lowest BCUT2D eigenvalue weighted by Crippen LogP contribution is -2.20. The number of pyridine rings is 1. The summed E-state index contributed by atoms with van der Waals surface area (Å²) in [6.07, 6.45) is 6.58. The third kappa shape index (κ3) is 1.88. The Morgan fingerprint density at radius 3 is 2.29 bits per heavy atom. The van der Waals surface area contributed by atoms with Crippen LogP contribution in [0.4, 0.5) is 0 Å². The Hall–Kier alpha value is 0.0700. The number of aromatic nitrogens is 1. The maximum absolute atomic E-state index is 10.1. The lowest BCUT2D eigenvalue weighted by atomic mass is 9.79. The van der Waals surface area contributed by atoms with E-state index in [2.05, 4.69) is 36.8 Å². The number of aliphatic hydroxyl groups is 1. The van der Waals surface area contributed by atoms with E-state index >= 15 is 0 Å². The Bertz CT molecular complexity index is 319. The van der Waals surface area contributed by atoms with Gasteiger partial charge >= 0.3 is 0 Å². The summed E-state index contributed by atoms with van der Waals surface area (Å²) >= 11 is 6.83. The molecular formula is C10H11Br2NO. The molecule has 1 saturated carbocycles. The van der Waals surface area contributed by atoms with Crippen LogP contribution in [0.1, 0.15) is 30.9 Å². The van der Waals surface area contributed by atoms with Crippen LogP contribution in [0.2, 0.25) is 0 Å². The number of hydrogen-bond donors (Lipinski definition) is 1. The van der Waals surface area contributed by atoms with Gasteiger partial charge in [-0.25, -0.2) is 0 Å². The predicted molar refractivity (Wildman–Crippen MR) is 61.9 cm³/mol. The van der Waals surface area contributed by atoms with Crippen LogP contribution in [0, 0.1) is 5.92 Å². The fraction of sp³-hybridized carbons (Fsp3) is 0.500. The summed E-state index contributed by atoms with van der Waals surface area (Å²) in [4.78, 5) is 4.03. The molecule has 1 N–H and O–H groups in total. The van der Waals surface area contributed by atoms with Gasteiger partial charge in [-0.3, -0.25) is 4.98 Å². The molecule has 14 heavy (non-hydrogen) atoms. The molecule has 1 aliphatic rings. The summed E-state index contributed by atoms with van der Waals surface area (Å²) in [5, 5.41) is 10.1. The highest BCUT2D eigenvalue weighted by molar-refractivity contribution is 9.11. The molecule has 0 saturated heterocycles. The van der Waals surface area contributed by atoms with Gasteiger partial charge in [0.2, 0.25) is 0 Å². The van der Waals surface area contributed by atoms with Crippen molar-refractivity contribution in [2.75, 3.05) is 0 Å². The van der Waals surface area contributed by atoms with E-state index in [1.54, 1.807) is 12.4 Å². The first kappa shape index (κ1) is 10.6. The minimum atomic E-state index is -0.365. The lowest BCUT2D eigenvalue weighted by Gasteiger charge is -2.31. The standard InChI is InChI=1S/C10H11Br2NO/c11-7-4-13-5-8(12)9(7)10(14)6-2-1-3-6/h4-6,10,14H,1-3H2. The van der Waals surface area contributed by atoms with E-state index in [0.717, 1.165) is 27.4 Å². The number of halogens is 2. The van der Waals surface area contributed by atoms with Crippen molar-refractivity contribution in [2.45, 2.75) is 25.4 Å². The summed E-state index contributed by atoms with van der Waals surface area (Å²) in [5.41, 5.74) is 0.935. The molecule has 0 aromatic carbocycles. The monoisotopic (exact) mass is 319 g/mol. The fourth-order valence-electron chi connectivity index (χ4n) is 1.70. The van der Waals surface area contributed by atoms with Gasteiger partial charge in [0.05, 0.1) is 6.10 Å². The van der Waals surface area contributed by atoms with Crippen molar-refractivity contribution < 1.29 is 5.11 Å². The van der Waals surface area contributed by atoms with E-state index in [9.17, 15) is 5.11 Å². The minimum Gasteiger partial charge on any atom is -0.388 e. The highest BCUT2D eigenvalue weighted by atomic mass is 79.9. The zero-order chi connectivity index (χ0) is 10.1. The van der Waals surface area contributed by atoms with Gasteiger partial charge in [0.1, 0.15) is 0 Å². The van der Waals surface area contributed by atoms with Crippen molar-refractivity contribution in [3.05, 3.63) is 26.9 Å².